The molecule has 0 aromatic carbocycles. The lowest BCUT2D eigenvalue weighted by Gasteiger charge is -2.31. The number of carbonyl (C=O) groups is 1. The molecule has 0 spiro atoms. The molecule has 7 nitrogen and oxygen atoms in total. The van der Waals surface area contributed by atoms with Gasteiger partial charge >= 0.3 is 0 Å². The van der Waals surface area contributed by atoms with Crippen LogP contribution in [0, 0.1) is 5.92 Å². The monoisotopic (exact) mass is 265 g/mol. The van der Waals surface area contributed by atoms with Crippen LogP contribution in [0.2, 0.25) is 0 Å². The Kier molecular flexibility index (Phi) is 4.16. The number of hydrogen-bond donors (Lipinski definition) is 2. The predicted molar refractivity (Wildman–Crippen MR) is 71.3 cm³/mol. The highest BCUT2D eigenvalue weighted by atomic mass is 16.5. The van der Waals surface area contributed by atoms with Gasteiger partial charge in [-0.1, -0.05) is 0 Å². The number of anilines is 2. The van der Waals surface area contributed by atoms with Gasteiger partial charge < -0.3 is 21.1 Å². The van der Waals surface area contributed by atoms with E-state index >= 15 is 0 Å². The van der Waals surface area contributed by atoms with Crippen LogP contribution in [0.3, 0.4) is 0 Å². The van der Waals surface area contributed by atoms with Gasteiger partial charge in [-0.15, -0.1) is 0 Å². The highest BCUT2D eigenvalue weighted by Gasteiger charge is 2.24. The number of rotatable bonds is 4. The molecule has 7 heteroatoms. The van der Waals surface area contributed by atoms with Crippen LogP contribution in [-0.4, -0.2) is 36.1 Å². The molecule has 1 aliphatic rings. The second kappa shape index (κ2) is 5.83. The third-order valence-electron chi connectivity index (χ3n) is 3.27. The normalized spacial score (nSPS) is 16.6. The van der Waals surface area contributed by atoms with Gasteiger partial charge in [0.2, 0.25) is 5.91 Å². The SMILES string of the molecule is COCc1nc(N)cc(N2CCC(C(N)=O)CC2)n1. The summed E-state index contributed by atoms with van der Waals surface area (Å²) in [6, 6.07) is 1.74. The van der Waals surface area contributed by atoms with E-state index in [-0.39, 0.29) is 11.8 Å². The Morgan fingerprint density at radius 2 is 2.16 bits per heavy atom. The summed E-state index contributed by atoms with van der Waals surface area (Å²) in [5, 5.41) is 0. The first-order chi connectivity index (χ1) is 9.10. The lowest BCUT2D eigenvalue weighted by atomic mass is 9.96. The maximum atomic E-state index is 11.1. The number of methoxy groups -OCH3 is 1. The van der Waals surface area contributed by atoms with Crippen molar-refractivity contribution in [3.63, 3.8) is 0 Å². The van der Waals surface area contributed by atoms with Crippen LogP contribution < -0.4 is 16.4 Å². The second-order valence-corrected chi connectivity index (χ2v) is 4.66. The Labute approximate surface area is 111 Å². The summed E-state index contributed by atoms with van der Waals surface area (Å²) < 4.78 is 5.01. The zero-order chi connectivity index (χ0) is 13.8. The molecule has 1 aliphatic heterocycles. The number of nitrogens with zero attached hydrogens (tertiary/aromatic N) is 3. The number of nitrogens with two attached hydrogens (primary N) is 2. The molecule has 104 valence electrons. The smallest absolute Gasteiger partial charge is 0.220 e. The van der Waals surface area contributed by atoms with E-state index in [9.17, 15) is 4.79 Å². The van der Waals surface area contributed by atoms with Crippen molar-refractivity contribution in [1.29, 1.82) is 0 Å². The summed E-state index contributed by atoms with van der Waals surface area (Å²) in [6.07, 6.45) is 1.50. The number of piperidine rings is 1. The molecule has 1 aromatic heterocycles. The van der Waals surface area contributed by atoms with E-state index in [0.29, 0.717) is 18.2 Å². The van der Waals surface area contributed by atoms with Gasteiger partial charge in [-0.2, -0.15) is 0 Å². The number of ether oxygens (including phenoxy) is 1. The number of carbonyl (C=O) groups excluding carboxylic acids is 1. The van der Waals surface area contributed by atoms with Crippen LogP contribution in [0.25, 0.3) is 0 Å². The standard InChI is InChI=1S/C12H19N5O2/c1-19-7-10-15-9(13)6-11(16-10)17-4-2-8(3-5-17)12(14)18/h6,8H,2-5,7H2,1H3,(H2,14,18)(H2,13,15,16). The van der Waals surface area contributed by atoms with Crippen molar-refractivity contribution < 1.29 is 9.53 Å². The molecule has 1 aromatic rings. The van der Waals surface area contributed by atoms with Crippen molar-refractivity contribution in [1.82, 2.24) is 9.97 Å². The average molecular weight is 265 g/mol. The molecule has 0 unspecified atom stereocenters. The van der Waals surface area contributed by atoms with Crippen LogP contribution in [0.1, 0.15) is 18.7 Å². The molecule has 2 rings (SSSR count). The van der Waals surface area contributed by atoms with Gasteiger partial charge in [-0.3, -0.25) is 4.79 Å². The maximum Gasteiger partial charge on any atom is 0.220 e. The predicted octanol–water partition coefficient (Wildman–Crippen LogP) is -0.0931. The Morgan fingerprint density at radius 1 is 1.47 bits per heavy atom. The quantitative estimate of drug-likeness (QED) is 0.787. The number of primary amides is 1. The molecule has 0 radical (unpaired) electrons. The number of amides is 1. The van der Waals surface area contributed by atoms with E-state index in [1.165, 1.54) is 0 Å². The van der Waals surface area contributed by atoms with Crippen molar-refractivity contribution in [3.05, 3.63) is 11.9 Å². The summed E-state index contributed by atoms with van der Waals surface area (Å²) in [5.41, 5.74) is 11.1. The van der Waals surface area contributed by atoms with Crippen molar-refractivity contribution in [2.75, 3.05) is 30.8 Å². The maximum absolute atomic E-state index is 11.1. The zero-order valence-electron chi connectivity index (χ0n) is 11.0. The zero-order valence-corrected chi connectivity index (χ0v) is 11.0. The first-order valence-electron chi connectivity index (χ1n) is 6.26. The summed E-state index contributed by atoms with van der Waals surface area (Å²) in [5.74, 6) is 1.52. The molecule has 1 fully saturated rings. The van der Waals surface area contributed by atoms with Gasteiger partial charge in [0.15, 0.2) is 5.82 Å². The average Bonchev–Trinajstić information content (AvgIpc) is 2.38. The van der Waals surface area contributed by atoms with Gasteiger partial charge in [0.1, 0.15) is 18.2 Å². The number of aromatic nitrogens is 2. The van der Waals surface area contributed by atoms with E-state index in [2.05, 4.69) is 14.9 Å². The molecule has 0 saturated carbocycles. The Hall–Kier alpha value is -1.89. The molecule has 0 bridgehead atoms. The van der Waals surface area contributed by atoms with Crippen molar-refractivity contribution in [2.45, 2.75) is 19.4 Å². The third-order valence-corrected chi connectivity index (χ3v) is 3.27. The van der Waals surface area contributed by atoms with E-state index < -0.39 is 0 Å². The van der Waals surface area contributed by atoms with Crippen molar-refractivity contribution >= 4 is 17.5 Å². The molecular formula is C12H19N5O2. The first-order valence-corrected chi connectivity index (χ1v) is 6.26. The van der Waals surface area contributed by atoms with E-state index in [4.69, 9.17) is 16.2 Å². The molecular weight excluding hydrogens is 246 g/mol. The lowest BCUT2D eigenvalue weighted by Crippen LogP contribution is -2.39. The van der Waals surface area contributed by atoms with Gasteiger partial charge in [0.05, 0.1) is 0 Å². The van der Waals surface area contributed by atoms with E-state index in [0.717, 1.165) is 31.7 Å². The first kappa shape index (κ1) is 13.5. The molecule has 0 aliphatic carbocycles. The van der Waals surface area contributed by atoms with Crippen LogP contribution in [-0.2, 0) is 16.1 Å². The van der Waals surface area contributed by atoms with Crippen molar-refractivity contribution in [3.8, 4) is 0 Å². The lowest BCUT2D eigenvalue weighted by molar-refractivity contribution is -0.122. The Morgan fingerprint density at radius 3 is 2.74 bits per heavy atom. The highest BCUT2D eigenvalue weighted by Crippen LogP contribution is 2.22. The van der Waals surface area contributed by atoms with Crippen LogP contribution in [0.5, 0.6) is 0 Å². The summed E-state index contributed by atoms with van der Waals surface area (Å²) >= 11 is 0. The Bertz CT molecular complexity index is 457. The van der Waals surface area contributed by atoms with Crippen LogP contribution >= 0.6 is 0 Å². The summed E-state index contributed by atoms with van der Waals surface area (Å²) in [4.78, 5) is 21.7. The highest BCUT2D eigenvalue weighted by molar-refractivity contribution is 5.77. The fourth-order valence-electron chi connectivity index (χ4n) is 2.25. The molecule has 2 heterocycles. The fraction of sp³-hybridized carbons (Fsp3) is 0.583. The third kappa shape index (κ3) is 3.31. The van der Waals surface area contributed by atoms with Crippen molar-refractivity contribution in [2.24, 2.45) is 11.7 Å². The van der Waals surface area contributed by atoms with Gasteiger partial charge in [0.25, 0.3) is 0 Å². The molecule has 1 amide bonds. The Balaban J connectivity index is 2.08. The van der Waals surface area contributed by atoms with Crippen LogP contribution in [0.4, 0.5) is 11.6 Å². The van der Waals surface area contributed by atoms with Crippen LogP contribution in [0.15, 0.2) is 6.07 Å². The fourth-order valence-corrected chi connectivity index (χ4v) is 2.25. The minimum Gasteiger partial charge on any atom is -0.384 e. The summed E-state index contributed by atoms with van der Waals surface area (Å²) in [6.45, 7) is 1.82. The van der Waals surface area contributed by atoms with Gasteiger partial charge in [-0.05, 0) is 12.8 Å². The molecule has 19 heavy (non-hydrogen) atoms. The van der Waals surface area contributed by atoms with Gasteiger partial charge in [-0.25, -0.2) is 9.97 Å². The van der Waals surface area contributed by atoms with E-state index in [1.54, 1.807) is 13.2 Å². The topological polar surface area (TPSA) is 107 Å². The minimum atomic E-state index is -0.220. The number of nitrogen functional groups attached to an aromatic ring is 1. The minimum absolute atomic E-state index is 0.0334. The van der Waals surface area contributed by atoms with Gasteiger partial charge in [0, 0.05) is 32.2 Å². The summed E-state index contributed by atoms with van der Waals surface area (Å²) in [7, 11) is 1.59. The second-order valence-electron chi connectivity index (χ2n) is 4.66. The largest absolute Gasteiger partial charge is 0.384 e. The molecule has 0 atom stereocenters. The van der Waals surface area contributed by atoms with E-state index in [1.807, 2.05) is 0 Å². The molecule has 1 saturated heterocycles. The number of hydrogen-bond acceptors (Lipinski definition) is 6. The molecule has 4 N–H and O–H groups in total.